The monoisotopic (exact) mass is 401 g/mol. The van der Waals surface area contributed by atoms with Crippen molar-refractivity contribution in [1.29, 1.82) is 0 Å². The number of aliphatic hydroxyl groups excluding tert-OH is 1. The Morgan fingerprint density at radius 2 is 1.93 bits per heavy atom. The molecule has 0 bridgehead atoms. The van der Waals surface area contributed by atoms with Gasteiger partial charge in [-0.2, -0.15) is 18.2 Å². The van der Waals surface area contributed by atoms with Gasteiger partial charge in [0.05, 0.1) is 16.7 Å². The van der Waals surface area contributed by atoms with Gasteiger partial charge in [-0.3, -0.25) is 9.97 Å². The van der Waals surface area contributed by atoms with Crippen LogP contribution in [0, 0.1) is 6.92 Å². The standard InChI is InChI=1S/C16H14F3N3O2S.CH4O/c1-10-13(20-7-6-14(10)24-9-16(17,18)19)8-25(23)15-21-11-4-2-3-5-12(11)22-15;1-2/h2-7H,8-9H2,1H3,(H,21,22);2H,1H3/t25-;/m1./s1. The Hall–Kier alpha value is -2.30. The summed E-state index contributed by atoms with van der Waals surface area (Å²) in [6.07, 6.45) is -3.09. The fourth-order valence-corrected chi connectivity index (χ4v) is 3.35. The highest BCUT2D eigenvalue weighted by Gasteiger charge is 2.29. The Morgan fingerprint density at radius 3 is 2.59 bits per heavy atom. The molecular weight excluding hydrogens is 383 g/mol. The Balaban J connectivity index is 0.00000126. The molecule has 3 aromatic rings. The summed E-state index contributed by atoms with van der Waals surface area (Å²) in [6.45, 7) is 0.202. The first-order valence-corrected chi connectivity index (χ1v) is 9.07. The van der Waals surface area contributed by atoms with Gasteiger partial charge in [0.25, 0.3) is 0 Å². The van der Waals surface area contributed by atoms with E-state index in [1.54, 1.807) is 13.0 Å². The van der Waals surface area contributed by atoms with Crippen molar-refractivity contribution in [3.8, 4) is 5.75 Å². The number of benzene rings is 1. The van der Waals surface area contributed by atoms with Crippen molar-refractivity contribution in [3.63, 3.8) is 0 Å². The Morgan fingerprint density at radius 1 is 1.22 bits per heavy atom. The summed E-state index contributed by atoms with van der Waals surface area (Å²) in [5.41, 5.74) is 2.28. The van der Waals surface area contributed by atoms with Crippen molar-refractivity contribution in [2.24, 2.45) is 0 Å². The number of rotatable bonds is 5. The van der Waals surface area contributed by atoms with E-state index in [4.69, 9.17) is 9.84 Å². The molecule has 0 saturated carbocycles. The maximum Gasteiger partial charge on any atom is 0.422 e. The minimum absolute atomic E-state index is 0.0227. The van der Waals surface area contributed by atoms with Crippen molar-refractivity contribution in [3.05, 3.63) is 47.8 Å². The van der Waals surface area contributed by atoms with E-state index in [0.717, 1.165) is 12.6 Å². The number of nitrogens with one attached hydrogen (secondary N) is 1. The van der Waals surface area contributed by atoms with Gasteiger partial charge in [-0.15, -0.1) is 0 Å². The van der Waals surface area contributed by atoms with Gasteiger partial charge in [0.2, 0.25) is 0 Å². The number of fused-ring (bicyclic) bond motifs is 1. The third-order valence-corrected chi connectivity index (χ3v) is 4.66. The van der Waals surface area contributed by atoms with E-state index >= 15 is 0 Å². The summed E-state index contributed by atoms with van der Waals surface area (Å²) in [4.78, 5) is 11.3. The molecule has 146 valence electrons. The average molecular weight is 401 g/mol. The van der Waals surface area contributed by atoms with Crippen molar-refractivity contribution < 1.29 is 27.6 Å². The van der Waals surface area contributed by atoms with Crippen LogP contribution in [0.4, 0.5) is 13.2 Å². The van der Waals surface area contributed by atoms with Crippen LogP contribution in [-0.2, 0) is 16.9 Å². The number of alkyl halides is 3. The second-order valence-electron chi connectivity index (χ2n) is 5.33. The van der Waals surface area contributed by atoms with Crippen molar-refractivity contribution >= 4 is 22.2 Å². The number of pyridine rings is 1. The molecule has 6 nitrogen and oxygen atoms in total. The zero-order valence-electron chi connectivity index (χ0n) is 14.6. The van der Waals surface area contributed by atoms with Gasteiger partial charge < -0.3 is 14.4 Å². The summed E-state index contributed by atoms with van der Waals surface area (Å²) in [5.74, 6) is 0.0958. The maximum atomic E-state index is 12.5. The number of imidazole rings is 1. The van der Waals surface area contributed by atoms with Crippen molar-refractivity contribution in [2.75, 3.05) is 13.7 Å². The molecule has 0 amide bonds. The van der Waals surface area contributed by atoms with Gasteiger partial charge in [0, 0.05) is 30.0 Å². The first kappa shape index (κ1) is 21.0. The molecule has 27 heavy (non-hydrogen) atoms. The maximum absolute atomic E-state index is 12.5. The smallest absolute Gasteiger partial charge is 0.422 e. The minimum atomic E-state index is -4.42. The van der Waals surface area contributed by atoms with Crippen LogP contribution in [-0.4, -0.2) is 44.5 Å². The lowest BCUT2D eigenvalue weighted by Gasteiger charge is -2.14. The van der Waals surface area contributed by atoms with Crippen LogP contribution >= 0.6 is 0 Å². The Bertz CT molecular complexity index is 853. The summed E-state index contributed by atoms with van der Waals surface area (Å²) in [7, 11) is 1.00. The fourth-order valence-electron chi connectivity index (χ4n) is 2.25. The number of para-hydroxylation sites is 2. The number of hydrogen-bond acceptors (Lipinski definition) is 5. The lowest BCUT2D eigenvalue weighted by Crippen LogP contribution is -2.20. The van der Waals surface area contributed by atoms with Crippen molar-refractivity contribution in [1.82, 2.24) is 15.0 Å². The van der Waals surface area contributed by atoms with Crippen LogP contribution in [0.2, 0.25) is 0 Å². The molecule has 1 atom stereocenters. The van der Waals surface area contributed by atoms with Crippen LogP contribution in [0.15, 0.2) is 41.7 Å². The predicted octanol–water partition coefficient (Wildman–Crippen LogP) is 3.12. The SMILES string of the molecule is CO.Cc1c(OCC(F)(F)F)ccnc1C[S@@+]([O-])c1nc2ccccc2[nH]1. The van der Waals surface area contributed by atoms with Crippen molar-refractivity contribution in [2.45, 2.75) is 24.0 Å². The molecule has 3 rings (SSSR count). The van der Waals surface area contributed by atoms with Gasteiger partial charge in [0.15, 0.2) is 12.4 Å². The normalized spacial score (nSPS) is 12.4. The van der Waals surface area contributed by atoms with Crippen LogP contribution in [0.5, 0.6) is 5.75 Å². The van der Waals surface area contributed by atoms with E-state index < -0.39 is 24.0 Å². The third-order valence-electron chi connectivity index (χ3n) is 3.50. The molecule has 0 fully saturated rings. The molecular formula is C17H18F3N3O3S. The summed E-state index contributed by atoms with van der Waals surface area (Å²) in [5, 5.41) is 7.30. The van der Waals surface area contributed by atoms with Gasteiger partial charge >= 0.3 is 11.3 Å². The molecule has 10 heteroatoms. The number of aromatic amines is 1. The second kappa shape index (κ2) is 9.07. The van der Waals surface area contributed by atoms with Gasteiger partial charge in [-0.25, -0.2) is 0 Å². The van der Waals surface area contributed by atoms with E-state index in [1.807, 2.05) is 18.2 Å². The number of aliphatic hydroxyl groups is 1. The fraction of sp³-hybridized carbons (Fsp3) is 0.294. The van der Waals surface area contributed by atoms with E-state index in [0.29, 0.717) is 21.9 Å². The zero-order chi connectivity index (χ0) is 20.0. The van der Waals surface area contributed by atoms with E-state index in [1.165, 1.54) is 12.3 Å². The molecule has 0 aliphatic heterocycles. The first-order valence-electron chi connectivity index (χ1n) is 7.75. The van der Waals surface area contributed by atoms with Crippen LogP contribution in [0.1, 0.15) is 11.3 Å². The average Bonchev–Trinajstić information content (AvgIpc) is 3.08. The molecule has 2 N–H and O–H groups in total. The van der Waals surface area contributed by atoms with Gasteiger partial charge in [-0.1, -0.05) is 12.1 Å². The summed E-state index contributed by atoms with van der Waals surface area (Å²) >= 11 is -1.51. The summed E-state index contributed by atoms with van der Waals surface area (Å²) < 4.78 is 54.2. The van der Waals surface area contributed by atoms with Gasteiger partial charge in [-0.05, 0) is 25.1 Å². The number of hydrogen-bond donors (Lipinski definition) is 2. The molecule has 1 aromatic carbocycles. The minimum Gasteiger partial charge on any atom is -0.609 e. The number of ether oxygens (including phenoxy) is 1. The highest BCUT2D eigenvalue weighted by Crippen LogP contribution is 2.25. The molecule has 0 aliphatic carbocycles. The summed E-state index contributed by atoms with van der Waals surface area (Å²) in [6, 6.07) is 8.62. The molecule has 0 radical (unpaired) electrons. The topological polar surface area (TPSA) is 94.1 Å². The molecule has 0 spiro atoms. The predicted molar refractivity (Wildman–Crippen MR) is 94.9 cm³/mol. The van der Waals surface area contributed by atoms with Crippen LogP contribution in [0.3, 0.4) is 0 Å². The molecule has 0 aliphatic rings. The second-order valence-corrected chi connectivity index (χ2v) is 6.70. The molecule has 2 heterocycles. The highest BCUT2D eigenvalue weighted by molar-refractivity contribution is 7.90. The lowest BCUT2D eigenvalue weighted by molar-refractivity contribution is -0.153. The Kier molecular flexibility index (Phi) is 7.05. The largest absolute Gasteiger partial charge is 0.609 e. The van der Waals surface area contributed by atoms with Crippen LogP contribution < -0.4 is 4.74 Å². The Labute approximate surface area is 156 Å². The third kappa shape index (κ3) is 5.59. The first-order chi connectivity index (χ1) is 12.8. The van der Waals surface area contributed by atoms with Gasteiger partial charge in [0.1, 0.15) is 5.75 Å². The highest BCUT2D eigenvalue weighted by atomic mass is 32.2. The number of halogens is 3. The van der Waals surface area contributed by atoms with Crippen LogP contribution in [0.25, 0.3) is 11.0 Å². The van der Waals surface area contributed by atoms with E-state index in [2.05, 4.69) is 15.0 Å². The number of nitrogens with zero attached hydrogens (tertiary/aromatic N) is 2. The number of H-pyrrole nitrogens is 1. The molecule has 0 unspecified atom stereocenters. The number of aromatic nitrogens is 3. The molecule has 2 aromatic heterocycles. The molecule has 0 saturated heterocycles. The quantitative estimate of drug-likeness (QED) is 0.641. The lowest BCUT2D eigenvalue weighted by atomic mass is 10.2. The zero-order valence-corrected chi connectivity index (χ0v) is 15.4. The van der Waals surface area contributed by atoms with E-state index in [-0.39, 0.29) is 11.5 Å². The van der Waals surface area contributed by atoms with E-state index in [9.17, 15) is 17.7 Å².